The Bertz CT molecular complexity index is 211. The standard InChI is InChI=1S/C18H37NO/c1-5-9-11-13-15-19(16-14-12-10-6-2)18(20)17(7-3)8-4/h17H,5-16H2,1-4H3. The van der Waals surface area contributed by atoms with E-state index < -0.39 is 0 Å². The van der Waals surface area contributed by atoms with Crippen molar-refractivity contribution in [2.45, 2.75) is 91.9 Å². The first-order valence-electron chi connectivity index (χ1n) is 8.99. The predicted molar refractivity (Wildman–Crippen MR) is 88.9 cm³/mol. The van der Waals surface area contributed by atoms with Crippen LogP contribution in [-0.4, -0.2) is 23.9 Å². The van der Waals surface area contributed by atoms with Crippen LogP contribution in [-0.2, 0) is 4.79 Å². The second-order valence-electron chi connectivity index (χ2n) is 5.96. The fourth-order valence-electron chi connectivity index (χ4n) is 2.69. The van der Waals surface area contributed by atoms with E-state index in [2.05, 4.69) is 32.6 Å². The highest BCUT2D eigenvalue weighted by molar-refractivity contribution is 5.78. The van der Waals surface area contributed by atoms with Crippen LogP contribution in [0.1, 0.15) is 91.9 Å². The molecule has 0 saturated carbocycles. The lowest BCUT2D eigenvalue weighted by molar-refractivity contribution is -0.136. The minimum absolute atomic E-state index is 0.243. The number of amides is 1. The summed E-state index contributed by atoms with van der Waals surface area (Å²) in [6, 6.07) is 0. The second-order valence-corrected chi connectivity index (χ2v) is 5.96. The van der Waals surface area contributed by atoms with E-state index in [9.17, 15) is 4.79 Å². The Kier molecular flexibility index (Phi) is 13.1. The molecule has 0 heterocycles. The molecule has 20 heavy (non-hydrogen) atoms. The van der Waals surface area contributed by atoms with Gasteiger partial charge in [-0.3, -0.25) is 4.79 Å². The van der Waals surface area contributed by atoms with Crippen molar-refractivity contribution in [3.63, 3.8) is 0 Å². The highest BCUT2D eigenvalue weighted by atomic mass is 16.2. The zero-order valence-electron chi connectivity index (χ0n) is 14.4. The van der Waals surface area contributed by atoms with E-state index in [4.69, 9.17) is 0 Å². The number of unbranched alkanes of at least 4 members (excludes halogenated alkanes) is 6. The Morgan fingerprint density at radius 1 is 0.750 bits per heavy atom. The summed E-state index contributed by atoms with van der Waals surface area (Å²) in [4.78, 5) is 14.7. The van der Waals surface area contributed by atoms with E-state index in [1.165, 1.54) is 51.4 Å². The van der Waals surface area contributed by atoms with Crippen LogP contribution in [0.15, 0.2) is 0 Å². The maximum atomic E-state index is 12.6. The summed E-state index contributed by atoms with van der Waals surface area (Å²) in [5, 5.41) is 0. The van der Waals surface area contributed by atoms with Crippen molar-refractivity contribution >= 4 is 5.91 Å². The second kappa shape index (κ2) is 13.5. The van der Waals surface area contributed by atoms with Gasteiger partial charge in [-0.05, 0) is 25.7 Å². The van der Waals surface area contributed by atoms with Crippen LogP contribution in [0, 0.1) is 5.92 Å². The van der Waals surface area contributed by atoms with Crippen molar-refractivity contribution in [1.82, 2.24) is 4.90 Å². The molecule has 0 radical (unpaired) electrons. The van der Waals surface area contributed by atoms with Crippen molar-refractivity contribution < 1.29 is 4.79 Å². The van der Waals surface area contributed by atoms with Crippen LogP contribution in [0.4, 0.5) is 0 Å². The summed E-state index contributed by atoms with van der Waals surface area (Å²) in [6.07, 6.45) is 11.9. The molecular weight excluding hydrogens is 246 g/mol. The normalized spacial score (nSPS) is 11.1. The molecule has 0 saturated heterocycles. The number of hydrogen-bond donors (Lipinski definition) is 0. The van der Waals surface area contributed by atoms with Crippen molar-refractivity contribution in [3.05, 3.63) is 0 Å². The quantitative estimate of drug-likeness (QED) is 0.414. The molecule has 2 heteroatoms. The number of nitrogens with zero attached hydrogens (tertiary/aromatic N) is 1. The molecule has 0 aromatic carbocycles. The fourth-order valence-corrected chi connectivity index (χ4v) is 2.69. The Labute approximate surface area is 127 Å². The minimum atomic E-state index is 0.243. The van der Waals surface area contributed by atoms with E-state index in [1.807, 2.05) is 0 Å². The highest BCUT2D eigenvalue weighted by Crippen LogP contribution is 2.14. The van der Waals surface area contributed by atoms with Crippen molar-refractivity contribution in [3.8, 4) is 0 Å². The van der Waals surface area contributed by atoms with Gasteiger partial charge in [0.25, 0.3) is 0 Å². The third-order valence-corrected chi connectivity index (χ3v) is 4.21. The van der Waals surface area contributed by atoms with E-state index in [1.54, 1.807) is 0 Å². The average Bonchev–Trinajstić information content (AvgIpc) is 2.46. The van der Waals surface area contributed by atoms with Crippen LogP contribution in [0.2, 0.25) is 0 Å². The van der Waals surface area contributed by atoms with E-state index in [0.717, 1.165) is 25.9 Å². The van der Waals surface area contributed by atoms with Gasteiger partial charge in [0, 0.05) is 19.0 Å². The molecule has 0 unspecified atom stereocenters. The molecule has 120 valence electrons. The molecule has 0 aliphatic carbocycles. The summed E-state index contributed by atoms with van der Waals surface area (Å²) in [5.74, 6) is 0.648. The maximum absolute atomic E-state index is 12.6. The van der Waals surface area contributed by atoms with E-state index in [0.29, 0.717) is 5.91 Å². The van der Waals surface area contributed by atoms with Crippen LogP contribution < -0.4 is 0 Å². The third-order valence-electron chi connectivity index (χ3n) is 4.21. The first-order chi connectivity index (χ1) is 9.71. The Morgan fingerprint density at radius 3 is 1.55 bits per heavy atom. The number of carbonyl (C=O) groups is 1. The van der Waals surface area contributed by atoms with Crippen LogP contribution >= 0.6 is 0 Å². The summed E-state index contributed by atoms with van der Waals surface area (Å²) in [7, 11) is 0. The fraction of sp³-hybridized carbons (Fsp3) is 0.944. The molecule has 0 atom stereocenters. The lowest BCUT2D eigenvalue weighted by Gasteiger charge is -2.26. The Hall–Kier alpha value is -0.530. The predicted octanol–water partition coefficient (Wildman–Crippen LogP) is 5.41. The third kappa shape index (κ3) is 8.60. The van der Waals surface area contributed by atoms with Gasteiger partial charge in [-0.15, -0.1) is 0 Å². The van der Waals surface area contributed by atoms with Crippen LogP contribution in [0.3, 0.4) is 0 Å². The van der Waals surface area contributed by atoms with E-state index in [-0.39, 0.29) is 5.92 Å². The van der Waals surface area contributed by atoms with E-state index >= 15 is 0 Å². The molecule has 0 aliphatic rings. The van der Waals surface area contributed by atoms with Gasteiger partial charge in [-0.1, -0.05) is 66.2 Å². The van der Waals surface area contributed by atoms with Gasteiger partial charge in [0.1, 0.15) is 0 Å². The zero-order valence-corrected chi connectivity index (χ0v) is 14.4. The molecule has 0 rings (SSSR count). The highest BCUT2D eigenvalue weighted by Gasteiger charge is 2.20. The van der Waals surface area contributed by atoms with Gasteiger partial charge in [0.05, 0.1) is 0 Å². The lowest BCUT2D eigenvalue weighted by atomic mass is 10.0. The Morgan fingerprint density at radius 2 is 1.20 bits per heavy atom. The minimum Gasteiger partial charge on any atom is -0.342 e. The van der Waals surface area contributed by atoms with Gasteiger partial charge < -0.3 is 4.90 Å². The van der Waals surface area contributed by atoms with Crippen molar-refractivity contribution in [1.29, 1.82) is 0 Å². The topological polar surface area (TPSA) is 20.3 Å². The average molecular weight is 284 g/mol. The van der Waals surface area contributed by atoms with Gasteiger partial charge in [-0.25, -0.2) is 0 Å². The molecule has 0 aromatic rings. The molecule has 0 spiro atoms. The molecule has 2 nitrogen and oxygen atoms in total. The molecular formula is C18H37NO. The Balaban J connectivity index is 4.24. The number of carbonyl (C=O) groups excluding carboxylic acids is 1. The molecule has 0 aromatic heterocycles. The largest absolute Gasteiger partial charge is 0.342 e. The summed E-state index contributed by atoms with van der Waals surface area (Å²) >= 11 is 0. The van der Waals surface area contributed by atoms with Gasteiger partial charge in [0.15, 0.2) is 0 Å². The van der Waals surface area contributed by atoms with Gasteiger partial charge >= 0.3 is 0 Å². The summed E-state index contributed by atoms with van der Waals surface area (Å²) in [6.45, 7) is 10.7. The number of hydrogen-bond acceptors (Lipinski definition) is 1. The molecule has 0 aliphatic heterocycles. The maximum Gasteiger partial charge on any atom is 0.225 e. The molecule has 0 N–H and O–H groups in total. The number of rotatable bonds is 13. The van der Waals surface area contributed by atoms with Crippen LogP contribution in [0.25, 0.3) is 0 Å². The SMILES string of the molecule is CCCCCCN(CCCCCC)C(=O)C(CC)CC. The smallest absolute Gasteiger partial charge is 0.225 e. The van der Waals surface area contributed by atoms with Crippen LogP contribution in [0.5, 0.6) is 0 Å². The summed E-state index contributed by atoms with van der Waals surface area (Å²) in [5.41, 5.74) is 0. The van der Waals surface area contributed by atoms with Gasteiger partial charge in [0.2, 0.25) is 5.91 Å². The molecule has 0 bridgehead atoms. The first-order valence-corrected chi connectivity index (χ1v) is 8.99. The van der Waals surface area contributed by atoms with Gasteiger partial charge in [-0.2, -0.15) is 0 Å². The lowest BCUT2D eigenvalue weighted by Crippen LogP contribution is -2.37. The molecule has 0 fully saturated rings. The van der Waals surface area contributed by atoms with Crippen molar-refractivity contribution in [2.24, 2.45) is 5.92 Å². The summed E-state index contributed by atoms with van der Waals surface area (Å²) < 4.78 is 0. The van der Waals surface area contributed by atoms with Crippen molar-refractivity contribution in [2.75, 3.05) is 13.1 Å². The zero-order chi connectivity index (χ0) is 15.2. The molecule has 1 amide bonds. The monoisotopic (exact) mass is 283 g/mol. The first kappa shape index (κ1) is 19.5.